The van der Waals surface area contributed by atoms with Gasteiger partial charge in [-0.25, -0.2) is 10.0 Å². The summed E-state index contributed by atoms with van der Waals surface area (Å²) in [6.07, 6.45) is 3.41. The van der Waals surface area contributed by atoms with Crippen molar-refractivity contribution in [1.29, 1.82) is 0 Å². The van der Waals surface area contributed by atoms with Gasteiger partial charge in [-0.3, -0.25) is 4.84 Å². The normalized spacial score (nSPS) is 20.2. The summed E-state index contributed by atoms with van der Waals surface area (Å²) in [5.41, 5.74) is 2.41. The maximum atomic E-state index is 7.09. The number of pyridine rings is 1. The Kier molecular flexibility index (Phi) is 6.77. The standard InChI is InChI=1S/C24H36N2O3Si/c1-16(2)30(17(3)4,18(5)6)29-22-15-23(21-12-10-14-27-21)28-26(20(22)8)24-13-9-11-19(7)25-24/h9-18,20,23H,1-8H3/t20-,23-/m1/s1. The van der Waals surface area contributed by atoms with Crippen LogP contribution in [0.3, 0.4) is 0 Å². The Morgan fingerprint density at radius 1 is 1.00 bits per heavy atom. The van der Waals surface area contributed by atoms with Crippen molar-refractivity contribution in [3.63, 3.8) is 0 Å². The molecule has 3 rings (SSSR count). The van der Waals surface area contributed by atoms with E-state index in [2.05, 4.69) is 54.5 Å². The van der Waals surface area contributed by atoms with Gasteiger partial charge in [0.1, 0.15) is 17.6 Å². The molecule has 0 bridgehead atoms. The Morgan fingerprint density at radius 2 is 1.67 bits per heavy atom. The predicted octanol–water partition coefficient (Wildman–Crippen LogP) is 6.94. The second-order valence-corrected chi connectivity index (χ2v) is 14.5. The van der Waals surface area contributed by atoms with E-state index in [0.717, 1.165) is 23.0 Å². The molecule has 0 radical (unpaired) electrons. The molecular weight excluding hydrogens is 392 g/mol. The van der Waals surface area contributed by atoms with E-state index in [1.54, 1.807) is 6.26 Å². The molecule has 2 atom stereocenters. The Morgan fingerprint density at radius 3 is 2.20 bits per heavy atom. The molecule has 1 aliphatic rings. The van der Waals surface area contributed by atoms with Crippen LogP contribution in [0, 0.1) is 6.92 Å². The zero-order valence-corrected chi connectivity index (χ0v) is 20.5. The Hall–Kier alpha value is -2.05. The minimum Gasteiger partial charge on any atom is -0.544 e. The van der Waals surface area contributed by atoms with Crippen molar-refractivity contribution in [2.45, 2.75) is 84.2 Å². The number of hydrogen-bond acceptors (Lipinski definition) is 5. The average Bonchev–Trinajstić information content (AvgIpc) is 3.21. The summed E-state index contributed by atoms with van der Waals surface area (Å²) in [5, 5.41) is 1.87. The monoisotopic (exact) mass is 428 g/mol. The number of rotatable bonds is 7. The Bertz CT molecular complexity index is 839. The molecule has 1 aliphatic heterocycles. The summed E-state index contributed by atoms with van der Waals surface area (Å²) < 4.78 is 12.8. The fraction of sp³-hybridized carbons (Fsp3) is 0.542. The van der Waals surface area contributed by atoms with Crippen LogP contribution in [-0.2, 0) is 9.26 Å². The highest BCUT2D eigenvalue weighted by atomic mass is 28.4. The molecule has 0 fully saturated rings. The molecule has 0 N–H and O–H groups in total. The van der Waals surface area contributed by atoms with E-state index < -0.39 is 8.32 Å². The van der Waals surface area contributed by atoms with E-state index in [9.17, 15) is 0 Å². The first-order valence-electron chi connectivity index (χ1n) is 11.0. The van der Waals surface area contributed by atoms with Crippen LogP contribution < -0.4 is 5.06 Å². The van der Waals surface area contributed by atoms with Crippen LogP contribution in [0.2, 0.25) is 16.6 Å². The van der Waals surface area contributed by atoms with Crippen LogP contribution >= 0.6 is 0 Å². The van der Waals surface area contributed by atoms with Gasteiger partial charge in [-0.15, -0.1) is 0 Å². The molecule has 164 valence electrons. The second kappa shape index (κ2) is 8.98. The molecule has 5 nitrogen and oxygen atoms in total. The molecule has 2 aromatic rings. The van der Waals surface area contributed by atoms with Gasteiger partial charge in [0.2, 0.25) is 0 Å². The molecule has 0 saturated heterocycles. The summed E-state index contributed by atoms with van der Waals surface area (Å²) in [5.74, 6) is 2.49. The molecule has 3 heterocycles. The zero-order chi connectivity index (χ0) is 22.1. The summed E-state index contributed by atoms with van der Waals surface area (Å²) in [6, 6.07) is 9.70. The van der Waals surface area contributed by atoms with Gasteiger partial charge in [-0.05, 0) is 60.8 Å². The SMILES string of the molecule is Cc1cccc(N2O[C@@H](c3ccco3)C=C(O[Si](C(C)C)(C(C)C)C(C)C)[C@H]2C)n1. The molecule has 2 aromatic heterocycles. The van der Waals surface area contributed by atoms with Crippen LogP contribution in [0.15, 0.2) is 52.8 Å². The highest BCUT2D eigenvalue weighted by molar-refractivity contribution is 6.77. The van der Waals surface area contributed by atoms with Crippen molar-refractivity contribution in [2.24, 2.45) is 0 Å². The molecule has 0 aliphatic carbocycles. The van der Waals surface area contributed by atoms with Gasteiger partial charge in [-0.1, -0.05) is 47.6 Å². The lowest BCUT2D eigenvalue weighted by atomic mass is 10.1. The van der Waals surface area contributed by atoms with Crippen molar-refractivity contribution >= 4 is 14.1 Å². The highest BCUT2D eigenvalue weighted by Gasteiger charge is 2.49. The summed E-state index contributed by atoms with van der Waals surface area (Å²) in [4.78, 5) is 11.0. The van der Waals surface area contributed by atoms with Crippen LogP contribution in [0.5, 0.6) is 0 Å². The summed E-state index contributed by atoms with van der Waals surface area (Å²) in [6.45, 7) is 17.9. The number of hydrogen-bond donors (Lipinski definition) is 0. The first-order valence-corrected chi connectivity index (χ1v) is 13.1. The second-order valence-electron chi connectivity index (χ2n) is 9.17. The van der Waals surface area contributed by atoms with Gasteiger partial charge >= 0.3 is 0 Å². The zero-order valence-electron chi connectivity index (χ0n) is 19.5. The molecule has 0 unspecified atom stereocenters. The van der Waals surface area contributed by atoms with Crippen molar-refractivity contribution in [3.05, 3.63) is 59.9 Å². The van der Waals surface area contributed by atoms with Crippen molar-refractivity contribution in [2.75, 3.05) is 5.06 Å². The minimum absolute atomic E-state index is 0.0892. The highest BCUT2D eigenvalue weighted by Crippen LogP contribution is 2.45. The van der Waals surface area contributed by atoms with Gasteiger partial charge in [0, 0.05) is 5.69 Å². The van der Waals surface area contributed by atoms with Gasteiger partial charge in [0.25, 0.3) is 8.32 Å². The third kappa shape index (κ3) is 4.21. The molecule has 0 spiro atoms. The van der Waals surface area contributed by atoms with Gasteiger partial charge in [0.15, 0.2) is 11.9 Å². The number of hydroxylamine groups is 1. The maximum absolute atomic E-state index is 7.09. The smallest absolute Gasteiger partial charge is 0.258 e. The maximum Gasteiger partial charge on any atom is 0.258 e. The lowest BCUT2D eigenvalue weighted by Crippen LogP contribution is -2.51. The largest absolute Gasteiger partial charge is 0.544 e. The molecule has 6 heteroatoms. The lowest BCUT2D eigenvalue weighted by molar-refractivity contribution is 0.0151. The summed E-state index contributed by atoms with van der Waals surface area (Å²) >= 11 is 0. The fourth-order valence-electron chi connectivity index (χ4n) is 4.82. The number of aromatic nitrogens is 1. The Labute approximate surface area is 182 Å². The number of nitrogens with zero attached hydrogens (tertiary/aromatic N) is 2. The molecule has 0 aromatic carbocycles. The molecule has 30 heavy (non-hydrogen) atoms. The average molecular weight is 429 g/mol. The van der Waals surface area contributed by atoms with Gasteiger partial charge in [0.05, 0.1) is 6.26 Å². The van der Waals surface area contributed by atoms with Crippen LogP contribution in [0.1, 0.15) is 66.0 Å². The van der Waals surface area contributed by atoms with E-state index in [4.69, 9.17) is 18.7 Å². The van der Waals surface area contributed by atoms with Crippen LogP contribution in [-0.4, -0.2) is 19.3 Å². The van der Waals surface area contributed by atoms with E-state index in [-0.39, 0.29) is 12.1 Å². The number of furan rings is 1. The van der Waals surface area contributed by atoms with E-state index in [0.29, 0.717) is 16.6 Å². The Balaban J connectivity index is 2.05. The van der Waals surface area contributed by atoms with Gasteiger partial charge < -0.3 is 8.84 Å². The van der Waals surface area contributed by atoms with E-state index in [1.165, 1.54) is 0 Å². The molecular formula is C24H36N2O3Si. The first kappa shape index (κ1) is 22.6. The van der Waals surface area contributed by atoms with E-state index >= 15 is 0 Å². The third-order valence-corrected chi connectivity index (χ3v) is 12.2. The summed E-state index contributed by atoms with van der Waals surface area (Å²) in [7, 11) is -2.11. The quantitative estimate of drug-likeness (QED) is 0.447. The van der Waals surface area contributed by atoms with E-state index in [1.807, 2.05) is 42.3 Å². The third-order valence-electron chi connectivity index (χ3n) is 6.23. The number of aryl methyl sites for hydroxylation is 1. The molecule has 0 saturated carbocycles. The minimum atomic E-state index is -2.11. The fourth-order valence-corrected chi connectivity index (χ4v) is 10.2. The predicted molar refractivity (Wildman–Crippen MR) is 124 cm³/mol. The van der Waals surface area contributed by atoms with Crippen LogP contribution in [0.4, 0.5) is 5.82 Å². The topological polar surface area (TPSA) is 47.7 Å². The lowest BCUT2D eigenvalue weighted by Gasteiger charge is -2.46. The van der Waals surface area contributed by atoms with Crippen molar-refractivity contribution in [3.8, 4) is 0 Å². The molecule has 0 amide bonds. The number of anilines is 1. The van der Waals surface area contributed by atoms with Crippen molar-refractivity contribution in [1.82, 2.24) is 4.98 Å². The van der Waals surface area contributed by atoms with Gasteiger partial charge in [-0.2, -0.15) is 0 Å². The van der Waals surface area contributed by atoms with Crippen LogP contribution in [0.25, 0.3) is 0 Å². The first-order chi connectivity index (χ1) is 14.2. The van der Waals surface area contributed by atoms with Crippen molar-refractivity contribution < 1.29 is 13.7 Å².